The maximum atomic E-state index is 13.2. The van der Waals surface area contributed by atoms with Crippen LogP contribution in [0.3, 0.4) is 0 Å². The zero-order valence-electron chi connectivity index (χ0n) is 19.9. The second-order valence-corrected chi connectivity index (χ2v) is 9.11. The highest BCUT2D eigenvalue weighted by molar-refractivity contribution is 7.16. The van der Waals surface area contributed by atoms with Gasteiger partial charge >= 0.3 is 12.4 Å². The van der Waals surface area contributed by atoms with Crippen molar-refractivity contribution in [3.05, 3.63) is 63.5 Å². The quantitative estimate of drug-likeness (QED) is 0.337. The number of rotatable bonds is 6. The van der Waals surface area contributed by atoms with Gasteiger partial charge in [-0.2, -0.15) is 31.6 Å². The molecule has 38 heavy (non-hydrogen) atoms. The number of thiazole rings is 1. The lowest BCUT2D eigenvalue weighted by Gasteiger charge is -2.18. The van der Waals surface area contributed by atoms with Crippen molar-refractivity contribution in [3.63, 3.8) is 0 Å². The van der Waals surface area contributed by atoms with E-state index in [0.29, 0.717) is 17.8 Å². The molecular formula is C23H18F6N6O2S. The minimum absolute atomic E-state index is 0.0703. The molecule has 15 heteroatoms. The Morgan fingerprint density at radius 3 is 2.24 bits per heavy atom. The normalized spacial score (nSPS) is 12.5. The lowest BCUT2D eigenvalue weighted by molar-refractivity contribution is -0.143. The molecule has 1 unspecified atom stereocenters. The zero-order chi connectivity index (χ0) is 28.4. The van der Waals surface area contributed by atoms with Gasteiger partial charge in [0.05, 0.1) is 40.8 Å². The molecular weight excluding hydrogens is 538 g/mol. The average molecular weight is 556 g/mol. The largest absolute Gasteiger partial charge is 0.416 e. The summed E-state index contributed by atoms with van der Waals surface area (Å²) in [6.45, 7) is 2.88. The van der Waals surface area contributed by atoms with E-state index in [1.54, 1.807) is 6.92 Å². The summed E-state index contributed by atoms with van der Waals surface area (Å²) < 4.78 is 79.1. The molecule has 2 heterocycles. The predicted octanol–water partition coefficient (Wildman–Crippen LogP) is 5.03. The van der Waals surface area contributed by atoms with E-state index in [1.165, 1.54) is 31.3 Å². The van der Waals surface area contributed by atoms with Gasteiger partial charge in [0.1, 0.15) is 22.1 Å². The molecule has 2 aromatic heterocycles. The first-order chi connectivity index (χ1) is 17.6. The molecule has 3 aromatic rings. The number of amides is 2. The molecule has 0 aliphatic rings. The number of nitrogens with one attached hydrogen (secondary N) is 1. The number of alkyl halides is 6. The van der Waals surface area contributed by atoms with Crippen LogP contribution in [0.25, 0.3) is 10.7 Å². The fourth-order valence-corrected chi connectivity index (χ4v) is 4.15. The highest BCUT2D eigenvalue weighted by atomic mass is 32.1. The molecule has 3 rings (SSSR count). The Kier molecular flexibility index (Phi) is 8.06. The van der Waals surface area contributed by atoms with Gasteiger partial charge in [0.2, 0.25) is 0 Å². The smallest absolute Gasteiger partial charge is 0.344 e. The molecule has 0 saturated heterocycles. The number of carbonyl (C=O) groups excluding carboxylic acids is 2. The summed E-state index contributed by atoms with van der Waals surface area (Å²) in [6.07, 6.45) is -7.60. The Labute approximate surface area is 216 Å². The van der Waals surface area contributed by atoms with E-state index in [0.717, 1.165) is 11.3 Å². The fourth-order valence-electron chi connectivity index (χ4n) is 3.24. The van der Waals surface area contributed by atoms with Gasteiger partial charge in [0, 0.05) is 18.8 Å². The van der Waals surface area contributed by atoms with Crippen molar-refractivity contribution in [2.75, 3.05) is 13.6 Å². The van der Waals surface area contributed by atoms with Crippen LogP contribution in [0.1, 0.15) is 55.5 Å². The molecule has 0 saturated carbocycles. The first-order valence-electron chi connectivity index (χ1n) is 10.6. The van der Waals surface area contributed by atoms with Gasteiger partial charge in [-0.05, 0) is 32.0 Å². The summed E-state index contributed by atoms with van der Waals surface area (Å²) in [7, 11) is 1.43. The Hall–Kier alpha value is -4.06. The number of nitriles is 1. The van der Waals surface area contributed by atoms with Crippen LogP contribution in [-0.4, -0.2) is 45.3 Å². The Bertz CT molecular complexity index is 1380. The highest BCUT2D eigenvalue weighted by Gasteiger charge is 2.37. The minimum Gasteiger partial charge on any atom is -0.344 e. The average Bonchev–Trinajstić information content (AvgIpc) is 3.32. The number of hydrogen-bond donors (Lipinski definition) is 1. The molecule has 8 nitrogen and oxygen atoms in total. The number of aryl methyl sites for hydroxylation is 1. The third-order valence-electron chi connectivity index (χ3n) is 5.10. The summed E-state index contributed by atoms with van der Waals surface area (Å²) in [4.78, 5) is 39.3. The maximum Gasteiger partial charge on any atom is 0.416 e. The second kappa shape index (κ2) is 10.7. The predicted molar refractivity (Wildman–Crippen MR) is 123 cm³/mol. The Morgan fingerprint density at radius 1 is 1.08 bits per heavy atom. The van der Waals surface area contributed by atoms with Gasteiger partial charge in [-0.15, -0.1) is 11.3 Å². The molecule has 0 radical (unpaired) electrons. The van der Waals surface area contributed by atoms with Crippen LogP contribution in [-0.2, 0) is 12.4 Å². The fraction of sp³-hybridized carbons (Fsp3) is 0.304. The van der Waals surface area contributed by atoms with Crippen LogP contribution < -0.4 is 5.32 Å². The lowest BCUT2D eigenvalue weighted by Crippen LogP contribution is -2.28. The minimum atomic E-state index is -5.11. The molecule has 1 N–H and O–H groups in total. The third kappa shape index (κ3) is 6.43. The molecule has 1 aromatic carbocycles. The monoisotopic (exact) mass is 556 g/mol. The summed E-state index contributed by atoms with van der Waals surface area (Å²) in [6, 6.07) is 1.40. The Balaban J connectivity index is 1.95. The number of hydrogen-bond acceptors (Lipinski definition) is 7. The van der Waals surface area contributed by atoms with Crippen molar-refractivity contribution in [1.29, 1.82) is 5.26 Å². The van der Waals surface area contributed by atoms with Crippen molar-refractivity contribution in [1.82, 2.24) is 25.2 Å². The van der Waals surface area contributed by atoms with E-state index in [9.17, 15) is 35.9 Å². The van der Waals surface area contributed by atoms with Gasteiger partial charge in [-0.1, -0.05) is 0 Å². The number of halogens is 6. The van der Waals surface area contributed by atoms with Crippen molar-refractivity contribution in [2.45, 2.75) is 32.2 Å². The topological polar surface area (TPSA) is 112 Å². The van der Waals surface area contributed by atoms with Crippen LogP contribution in [0.5, 0.6) is 0 Å². The molecule has 0 aliphatic carbocycles. The molecule has 0 aliphatic heterocycles. The van der Waals surface area contributed by atoms with Gasteiger partial charge in [0.25, 0.3) is 11.8 Å². The van der Waals surface area contributed by atoms with Crippen LogP contribution in [0.15, 0.2) is 30.6 Å². The number of carbonyl (C=O) groups is 2. The first kappa shape index (κ1) is 28.5. The van der Waals surface area contributed by atoms with E-state index in [1.807, 2.05) is 6.07 Å². The lowest BCUT2D eigenvalue weighted by atomic mass is 10.0. The van der Waals surface area contributed by atoms with Crippen LogP contribution in [0, 0.1) is 18.3 Å². The van der Waals surface area contributed by atoms with E-state index in [4.69, 9.17) is 5.26 Å². The van der Waals surface area contributed by atoms with Crippen LogP contribution >= 0.6 is 11.3 Å². The number of nitrogens with zero attached hydrogens (tertiary/aromatic N) is 5. The van der Waals surface area contributed by atoms with Crippen LogP contribution in [0.4, 0.5) is 26.3 Å². The molecule has 0 bridgehead atoms. The van der Waals surface area contributed by atoms with Crippen molar-refractivity contribution in [2.24, 2.45) is 0 Å². The summed E-state index contributed by atoms with van der Waals surface area (Å²) >= 11 is 0.936. The second-order valence-electron chi connectivity index (χ2n) is 8.08. The molecule has 1 atom stereocenters. The van der Waals surface area contributed by atoms with Crippen molar-refractivity contribution in [3.8, 4) is 16.8 Å². The summed E-state index contributed by atoms with van der Waals surface area (Å²) in [5, 5.41) is 11.4. The van der Waals surface area contributed by atoms with E-state index < -0.39 is 46.9 Å². The van der Waals surface area contributed by atoms with Gasteiger partial charge in [-0.25, -0.2) is 9.97 Å². The Morgan fingerprint density at radius 2 is 1.68 bits per heavy atom. The van der Waals surface area contributed by atoms with Crippen molar-refractivity contribution < 1.29 is 35.9 Å². The van der Waals surface area contributed by atoms with Crippen LogP contribution in [0.2, 0.25) is 0 Å². The standard InChI is InChI=1S/C23H18F6N6O2S/c1-11-9-31-17(18(33-11)20-32-10-16(38-20)21(37)35(3)5-4-30)12(2)34-19(36)13-6-14(22(24,25)26)8-15(7-13)23(27,28)29/h6-10,12H,5H2,1-3H3,(H,34,36). The van der Waals surface area contributed by atoms with Gasteiger partial charge in [0.15, 0.2) is 0 Å². The summed E-state index contributed by atoms with van der Waals surface area (Å²) in [5.41, 5.74) is -3.37. The third-order valence-corrected chi connectivity index (χ3v) is 6.09. The number of aromatic nitrogens is 3. The van der Waals surface area contributed by atoms with Gasteiger partial charge in [-0.3, -0.25) is 14.6 Å². The van der Waals surface area contributed by atoms with E-state index >= 15 is 0 Å². The zero-order valence-corrected chi connectivity index (χ0v) is 20.7. The number of benzene rings is 1. The van der Waals surface area contributed by atoms with Crippen molar-refractivity contribution >= 4 is 23.2 Å². The van der Waals surface area contributed by atoms with Gasteiger partial charge < -0.3 is 10.2 Å². The highest BCUT2D eigenvalue weighted by Crippen LogP contribution is 2.36. The molecule has 0 fully saturated rings. The molecule has 200 valence electrons. The van der Waals surface area contributed by atoms with E-state index in [-0.39, 0.29) is 33.9 Å². The molecule has 0 spiro atoms. The molecule has 2 amide bonds. The maximum absolute atomic E-state index is 13.2. The SMILES string of the molecule is Cc1cnc(C(C)NC(=O)c2cc(C(F)(F)F)cc(C(F)(F)F)c2)c(-c2ncc(C(=O)N(C)CC#N)s2)n1. The first-order valence-corrected chi connectivity index (χ1v) is 11.5. The van der Waals surface area contributed by atoms with E-state index in [2.05, 4.69) is 20.3 Å². The summed E-state index contributed by atoms with van der Waals surface area (Å²) in [5.74, 6) is -1.67.